The van der Waals surface area contributed by atoms with E-state index in [4.69, 9.17) is 0 Å². The molecule has 0 spiro atoms. The Labute approximate surface area is 359 Å². The van der Waals surface area contributed by atoms with Crippen molar-refractivity contribution in [2.75, 3.05) is 6.61 Å². The second-order valence-corrected chi connectivity index (χ2v) is 15.8. The average Bonchev–Trinajstić information content (AvgIpc) is 3.23. The molecule has 4 heteroatoms. The highest BCUT2D eigenvalue weighted by molar-refractivity contribution is 5.76. The van der Waals surface area contributed by atoms with Crippen LogP contribution in [0.1, 0.15) is 206 Å². The van der Waals surface area contributed by atoms with E-state index >= 15 is 0 Å². The second-order valence-electron chi connectivity index (χ2n) is 15.8. The van der Waals surface area contributed by atoms with E-state index in [9.17, 15) is 15.0 Å². The molecule has 0 heterocycles. The molecular weight excluding hydrogens is 711 g/mol. The Morgan fingerprint density at radius 3 is 1.21 bits per heavy atom. The number of rotatable bonds is 42. The summed E-state index contributed by atoms with van der Waals surface area (Å²) in [5.74, 6) is -0.0845. The lowest BCUT2D eigenvalue weighted by molar-refractivity contribution is -0.123. The largest absolute Gasteiger partial charge is 0.394 e. The van der Waals surface area contributed by atoms with Gasteiger partial charge in [-0.25, -0.2) is 0 Å². The van der Waals surface area contributed by atoms with E-state index in [1.165, 1.54) is 109 Å². The molecule has 0 aromatic carbocycles. The molecule has 0 aliphatic heterocycles. The minimum atomic E-state index is -0.875. The molecule has 0 radical (unpaired) electrons. The van der Waals surface area contributed by atoms with Crippen molar-refractivity contribution in [3.8, 4) is 0 Å². The average molecular weight is 802 g/mol. The van der Waals surface area contributed by atoms with Gasteiger partial charge in [0.1, 0.15) is 0 Å². The summed E-state index contributed by atoms with van der Waals surface area (Å²) >= 11 is 0. The molecule has 0 saturated carbocycles. The molecule has 2 unspecified atom stereocenters. The fourth-order valence-electron chi connectivity index (χ4n) is 6.56. The van der Waals surface area contributed by atoms with Crippen LogP contribution >= 0.6 is 0 Å². The van der Waals surface area contributed by atoms with E-state index in [1.807, 2.05) is 6.08 Å². The van der Waals surface area contributed by atoms with Crippen LogP contribution in [-0.2, 0) is 4.79 Å². The van der Waals surface area contributed by atoms with Gasteiger partial charge in [0.25, 0.3) is 0 Å². The molecule has 0 aliphatic rings. The Bertz CT molecular complexity index is 1140. The quantitative estimate of drug-likeness (QED) is 0.0425. The number of aliphatic hydroxyl groups is 2. The van der Waals surface area contributed by atoms with Gasteiger partial charge in [0, 0.05) is 6.42 Å². The van der Waals surface area contributed by atoms with Crippen molar-refractivity contribution in [1.82, 2.24) is 5.32 Å². The van der Waals surface area contributed by atoms with Crippen molar-refractivity contribution in [3.05, 3.63) is 109 Å². The summed E-state index contributed by atoms with van der Waals surface area (Å²) in [6.07, 6.45) is 73.6. The number of allylic oxidation sites excluding steroid dienone is 17. The van der Waals surface area contributed by atoms with Crippen LogP contribution in [0.4, 0.5) is 0 Å². The van der Waals surface area contributed by atoms with Crippen LogP contribution in [0.5, 0.6) is 0 Å². The molecular formula is C54H91NO3. The van der Waals surface area contributed by atoms with Crippen molar-refractivity contribution < 1.29 is 15.0 Å². The summed E-state index contributed by atoms with van der Waals surface area (Å²) in [4.78, 5) is 12.4. The fourth-order valence-corrected chi connectivity index (χ4v) is 6.56. The molecule has 0 fully saturated rings. The number of aliphatic hydroxyl groups excluding tert-OH is 2. The van der Waals surface area contributed by atoms with Gasteiger partial charge in [-0.1, -0.05) is 213 Å². The molecule has 3 N–H and O–H groups in total. The Morgan fingerprint density at radius 1 is 0.431 bits per heavy atom. The number of unbranched alkanes of at least 4 members (excludes halogenated alkanes) is 19. The third kappa shape index (κ3) is 44.2. The first-order valence-corrected chi connectivity index (χ1v) is 24.1. The third-order valence-electron chi connectivity index (χ3n) is 10.2. The maximum atomic E-state index is 12.4. The zero-order chi connectivity index (χ0) is 42.1. The number of carbonyl (C=O) groups is 1. The highest BCUT2D eigenvalue weighted by atomic mass is 16.3. The van der Waals surface area contributed by atoms with Gasteiger partial charge in [0.15, 0.2) is 0 Å². The van der Waals surface area contributed by atoms with Crippen LogP contribution < -0.4 is 5.32 Å². The lowest BCUT2D eigenvalue weighted by Gasteiger charge is -2.19. The maximum absolute atomic E-state index is 12.4. The van der Waals surface area contributed by atoms with E-state index in [0.717, 1.165) is 77.0 Å². The summed E-state index contributed by atoms with van der Waals surface area (Å²) in [7, 11) is 0. The Hall–Kier alpha value is -2.95. The molecule has 0 rings (SSSR count). The molecule has 58 heavy (non-hydrogen) atoms. The van der Waals surface area contributed by atoms with E-state index in [-0.39, 0.29) is 12.5 Å². The molecule has 0 saturated heterocycles. The smallest absolute Gasteiger partial charge is 0.220 e. The highest BCUT2D eigenvalue weighted by Crippen LogP contribution is 2.14. The van der Waals surface area contributed by atoms with Gasteiger partial charge in [-0.15, -0.1) is 0 Å². The minimum Gasteiger partial charge on any atom is -0.394 e. The number of hydrogen-bond acceptors (Lipinski definition) is 3. The van der Waals surface area contributed by atoms with Gasteiger partial charge in [-0.2, -0.15) is 0 Å². The Kier molecular flexibility index (Phi) is 46.0. The van der Waals surface area contributed by atoms with Crippen LogP contribution in [0.2, 0.25) is 0 Å². The third-order valence-corrected chi connectivity index (χ3v) is 10.2. The minimum absolute atomic E-state index is 0.0845. The van der Waals surface area contributed by atoms with Gasteiger partial charge in [-0.3, -0.25) is 4.79 Å². The topological polar surface area (TPSA) is 69.6 Å². The summed E-state index contributed by atoms with van der Waals surface area (Å²) < 4.78 is 0. The summed E-state index contributed by atoms with van der Waals surface area (Å²) in [5.41, 5.74) is 0. The van der Waals surface area contributed by atoms with Crippen molar-refractivity contribution in [2.45, 2.75) is 219 Å². The highest BCUT2D eigenvalue weighted by Gasteiger charge is 2.17. The molecule has 1 amide bonds. The molecule has 0 aromatic rings. The Balaban J connectivity index is 3.57. The molecule has 4 nitrogen and oxygen atoms in total. The van der Waals surface area contributed by atoms with Crippen LogP contribution in [0, 0.1) is 0 Å². The fraction of sp³-hybridized carbons (Fsp3) is 0.648. The molecule has 0 aromatic heterocycles. The Morgan fingerprint density at radius 2 is 0.776 bits per heavy atom. The zero-order valence-electron chi connectivity index (χ0n) is 37.8. The van der Waals surface area contributed by atoms with Crippen LogP contribution in [0.15, 0.2) is 109 Å². The lowest BCUT2D eigenvalue weighted by Crippen LogP contribution is -2.45. The van der Waals surface area contributed by atoms with Gasteiger partial charge < -0.3 is 15.5 Å². The van der Waals surface area contributed by atoms with E-state index in [1.54, 1.807) is 6.08 Å². The number of carbonyl (C=O) groups excluding carboxylic acids is 1. The van der Waals surface area contributed by atoms with E-state index < -0.39 is 12.1 Å². The van der Waals surface area contributed by atoms with Gasteiger partial charge in [0.05, 0.1) is 18.8 Å². The number of nitrogens with one attached hydrogen (secondary N) is 1. The molecule has 0 aliphatic carbocycles. The lowest BCUT2D eigenvalue weighted by atomic mass is 10.0. The van der Waals surface area contributed by atoms with Gasteiger partial charge >= 0.3 is 0 Å². The van der Waals surface area contributed by atoms with E-state index in [2.05, 4.69) is 116 Å². The number of hydrogen-bond donors (Lipinski definition) is 3. The normalized spacial score (nSPS) is 13.9. The second kappa shape index (κ2) is 48.4. The monoisotopic (exact) mass is 802 g/mol. The summed E-state index contributed by atoms with van der Waals surface area (Å²) in [5, 5.41) is 23.0. The summed E-state index contributed by atoms with van der Waals surface area (Å²) in [6, 6.07) is -0.651. The predicted molar refractivity (Wildman–Crippen MR) is 257 cm³/mol. The number of amides is 1. The van der Waals surface area contributed by atoms with E-state index in [0.29, 0.717) is 6.42 Å². The first-order chi connectivity index (χ1) is 28.7. The van der Waals surface area contributed by atoms with Gasteiger partial charge in [-0.05, 0) is 96.3 Å². The molecule has 330 valence electrons. The first-order valence-electron chi connectivity index (χ1n) is 24.1. The maximum Gasteiger partial charge on any atom is 0.220 e. The van der Waals surface area contributed by atoms with Gasteiger partial charge in [0.2, 0.25) is 5.91 Å². The van der Waals surface area contributed by atoms with Crippen molar-refractivity contribution >= 4 is 5.91 Å². The zero-order valence-corrected chi connectivity index (χ0v) is 37.8. The standard InChI is InChI=1S/C54H91NO3/c1-3-5-7-9-11-13-15-17-18-19-20-21-22-23-24-25-26-27-28-29-30-31-32-33-34-35-36-38-40-42-44-46-48-50-54(58)55-52(51-56)53(57)49-47-45-43-41-39-37-16-14-12-10-8-6-4-2/h5,7,11-14,17-18,20-21,23-24,26-27,39,41,47,49,52-53,56-57H,3-4,6,8-10,15-16,19,22,25,28-38,40,42-46,48,50-51H2,1-2H3,(H,55,58)/b7-5-,13-11-,14-12+,18-17-,21-20-,24-23-,27-26-,41-39+,49-47+. The van der Waals surface area contributed by atoms with Crippen molar-refractivity contribution in [3.63, 3.8) is 0 Å². The van der Waals surface area contributed by atoms with Crippen LogP contribution in [0.25, 0.3) is 0 Å². The predicted octanol–water partition coefficient (Wildman–Crippen LogP) is 15.6. The molecule has 2 atom stereocenters. The first kappa shape index (κ1) is 55.1. The molecule has 0 bridgehead atoms. The summed E-state index contributed by atoms with van der Waals surface area (Å²) in [6.45, 7) is 4.13. The SMILES string of the molecule is CC/C=C\C/C=C\C/C=C\C/C=C\C/C=C\C/C=C\CCCCCCCCCCCCCCCCC(=O)NC(CO)C(O)/C=C/CC/C=C/CC/C=C/CCCCC. The van der Waals surface area contributed by atoms with Crippen molar-refractivity contribution in [2.24, 2.45) is 0 Å². The van der Waals surface area contributed by atoms with Crippen molar-refractivity contribution in [1.29, 1.82) is 0 Å². The van der Waals surface area contributed by atoms with Crippen LogP contribution in [-0.4, -0.2) is 34.9 Å². The van der Waals surface area contributed by atoms with Crippen LogP contribution in [0.3, 0.4) is 0 Å².